The van der Waals surface area contributed by atoms with Crippen LogP contribution in [-0.2, 0) is 6.54 Å². The Morgan fingerprint density at radius 2 is 2.00 bits per heavy atom. The van der Waals surface area contributed by atoms with E-state index < -0.39 is 0 Å². The van der Waals surface area contributed by atoms with Crippen LogP contribution in [0.25, 0.3) is 16.7 Å². The molecule has 6 nitrogen and oxygen atoms in total. The monoisotopic (exact) mass is 305 g/mol. The van der Waals surface area contributed by atoms with Gasteiger partial charge >= 0.3 is 0 Å². The van der Waals surface area contributed by atoms with Crippen LogP contribution in [0.3, 0.4) is 0 Å². The van der Waals surface area contributed by atoms with Crippen LogP contribution in [0.4, 0.5) is 5.69 Å². The first kappa shape index (κ1) is 13.5. The van der Waals surface area contributed by atoms with E-state index in [9.17, 15) is 5.21 Å². The van der Waals surface area contributed by atoms with E-state index in [1.807, 2.05) is 37.3 Å². The van der Waals surface area contributed by atoms with E-state index >= 15 is 0 Å². The molecule has 0 radical (unpaired) electrons. The molecule has 0 atom stereocenters. The topological polar surface area (TPSA) is 69.2 Å². The first-order chi connectivity index (χ1) is 11.2. The molecule has 2 aromatic heterocycles. The molecule has 0 saturated carbocycles. The number of hydrogen-bond donors (Lipinski definition) is 1. The Labute approximate surface area is 132 Å². The van der Waals surface area contributed by atoms with Crippen LogP contribution < -0.4 is 10.2 Å². The minimum atomic E-state index is 0.492. The van der Waals surface area contributed by atoms with Crippen LogP contribution in [0.5, 0.6) is 0 Å². The Balaban J connectivity index is 1.76. The highest BCUT2D eigenvalue weighted by molar-refractivity contribution is 5.78. The summed E-state index contributed by atoms with van der Waals surface area (Å²) in [5, 5.41) is 23.8. The number of fused-ring (bicyclic) bond motifs is 3. The van der Waals surface area contributed by atoms with Crippen LogP contribution in [-0.4, -0.2) is 14.7 Å². The zero-order chi connectivity index (χ0) is 15.8. The highest BCUT2D eigenvalue weighted by atomic mass is 16.5. The first-order valence-electron chi connectivity index (χ1n) is 7.38. The fraction of sp³-hybridized carbons (Fsp3) is 0.118. The second-order valence-electron chi connectivity index (χ2n) is 5.48. The Morgan fingerprint density at radius 3 is 2.83 bits per heavy atom. The van der Waals surface area contributed by atoms with Crippen molar-refractivity contribution in [3.8, 4) is 0 Å². The molecular formula is C17H15N5O. The first-order valence-corrected chi connectivity index (χ1v) is 7.38. The molecule has 0 aliphatic rings. The number of nitrogens with one attached hydrogen (secondary N) is 1. The van der Waals surface area contributed by atoms with Gasteiger partial charge in [0.15, 0.2) is 0 Å². The van der Waals surface area contributed by atoms with Crippen molar-refractivity contribution in [3.05, 3.63) is 71.1 Å². The zero-order valence-corrected chi connectivity index (χ0v) is 12.6. The van der Waals surface area contributed by atoms with Crippen LogP contribution in [0.2, 0.25) is 0 Å². The van der Waals surface area contributed by atoms with Crippen LogP contribution in [0.1, 0.15) is 11.1 Å². The molecule has 2 heterocycles. The molecule has 0 bridgehead atoms. The van der Waals surface area contributed by atoms with Crippen LogP contribution in [0, 0.1) is 12.1 Å². The summed E-state index contributed by atoms with van der Waals surface area (Å²) >= 11 is 0. The normalized spacial score (nSPS) is 11.2. The summed E-state index contributed by atoms with van der Waals surface area (Å²) in [6.45, 7) is 2.61. The van der Waals surface area contributed by atoms with Gasteiger partial charge in [-0.05, 0) is 29.5 Å². The molecule has 23 heavy (non-hydrogen) atoms. The zero-order valence-electron chi connectivity index (χ0n) is 12.6. The third kappa shape index (κ3) is 2.34. The molecule has 114 valence electrons. The Kier molecular flexibility index (Phi) is 3.08. The van der Waals surface area contributed by atoms with Gasteiger partial charge < -0.3 is 10.5 Å². The van der Waals surface area contributed by atoms with Crippen molar-refractivity contribution in [2.24, 2.45) is 0 Å². The maximum absolute atomic E-state index is 12.1. The molecule has 0 unspecified atom stereocenters. The number of benzene rings is 2. The molecule has 4 rings (SSSR count). The Hall–Kier alpha value is -3.15. The standard InChI is InChI=1S/C17H15N5O/c1-12-10-19-21-16-9-14(18-11-13-5-3-2-4-6-13)7-8-15(16)22(23)20-17(12)21/h2-10,18H,11H2,1H3. The molecule has 4 aromatic rings. The molecule has 0 aliphatic heterocycles. The van der Waals surface area contributed by atoms with Gasteiger partial charge in [-0.1, -0.05) is 30.3 Å². The minimum absolute atomic E-state index is 0.492. The SMILES string of the molecule is Cc1cnn2c1n[n+]([O-])c1ccc(NCc3ccccc3)cc12. The van der Waals surface area contributed by atoms with Gasteiger partial charge in [0.1, 0.15) is 5.52 Å². The van der Waals surface area contributed by atoms with Crippen molar-refractivity contribution < 1.29 is 4.85 Å². The molecular weight excluding hydrogens is 290 g/mol. The number of anilines is 1. The second kappa shape index (κ2) is 5.24. The summed E-state index contributed by atoms with van der Waals surface area (Å²) < 4.78 is 1.70. The van der Waals surface area contributed by atoms with Crippen molar-refractivity contribution >= 4 is 22.4 Å². The van der Waals surface area contributed by atoms with Crippen molar-refractivity contribution in [2.75, 3.05) is 5.32 Å². The summed E-state index contributed by atoms with van der Waals surface area (Å²) in [6, 6.07) is 15.7. The quantitative estimate of drug-likeness (QED) is 0.466. The summed E-state index contributed by atoms with van der Waals surface area (Å²) in [4.78, 5) is 0.653. The number of rotatable bonds is 3. The van der Waals surface area contributed by atoms with Crippen LogP contribution in [0.15, 0.2) is 54.7 Å². The lowest BCUT2D eigenvalue weighted by molar-refractivity contribution is -0.640. The van der Waals surface area contributed by atoms with Gasteiger partial charge in [-0.3, -0.25) is 0 Å². The lowest BCUT2D eigenvalue weighted by Gasteiger charge is -2.08. The van der Waals surface area contributed by atoms with Crippen molar-refractivity contribution in [1.82, 2.24) is 14.7 Å². The molecule has 0 spiro atoms. The predicted molar refractivity (Wildman–Crippen MR) is 88.0 cm³/mol. The van der Waals surface area contributed by atoms with E-state index in [-0.39, 0.29) is 0 Å². The Bertz CT molecular complexity index is 994. The van der Waals surface area contributed by atoms with Gasteiger partial charge in [-0.15, -0.1) is 0 Å². The molecule has 0 saturated heterocycles. The van der Waals surface area contributed by atoms with E-state index in [0.717, 1.165) is 23.3 Å². The predicted octanol–water partition coefficient (Wildman–Crippen LogP) is 2.44. The van der Waals surface area contributed by atoms with Crippen molar-refractivity contribution in [2.45, 2.75) is 13.5 Å². The third-order valence-corrected chi connectivity index (χ3v) is 3.85. The van der Waals surface area contributed by atoms with E-state index in [1.54, 1.807) is 16.8 Å². The van der Waals surface area contributed by atoms with Crippen molar-refractivity contribution in [1.29, 1.82) is 0 Å². The highest BCUT2D eigenvalue weighted by Crippen LogP contribution is 2.18. The van der Waals surface area contributed by atoms with E-state index in [4.69, 9.17) is 0 Å². The van der Waals surface area contributed by atoms with Gasteiger partial charge in [0.05, 0.1) is 6.20 Å². The molecule has 0 aliphatic carbocycles. The summed E-state index contributed by atoms with van der Waals surface area (Å²) in [5.74, 6) is 0. The maximum Gasteiger partial charge on any atom is 0.270 e. The average Bonchev–Trinajstić information content (AvgIpc) is 2.95. The Morgan fingerprint density at radius 1 is 1.17 bits per heavy atom. The van der Waals surface area contributed by atoms with Crippen molar-refractivity contribution in [3.63, 3.8) is 0 Å². The molecule has 1 N–H and O–H groups in total. The van der Waals surface area contributed by atoms with Gasteiger partial charge in [-0.25, -0.2) is 4.52 Å². The minimum Gasteiger partial charge on any atom is -0.594 e. The smallest absolute Gasteiger partial charge is 0.270 e. The lowest BCUT2D eigenvalue weighted by Crippen LogP contribution is -2.33. The number of hydrogen-bond acceptors (Lipinski definition) is 4. The molecule has 0 fully saturated rings. The lowest BCUT2D eigenvalue weighted by atomic mass is 10.2. The fourth-order valence-corrected chi connectivity index (χ4v) is 2.63. The third-order valence-electron chi connectivity index (χ3n) is 3.85. The summed E-state index contributed by atoms with van der Waals surface area (Å²) in [5.41, 5.74) is 4.80. The van der Waals surface area contributed by atoms with Crippen LogP contribution >= 0.6 is 0 Å². The largest absolute Gasteiger partial charge is 0.594 e. The van der Waals surface area contributed by atoms with E-state index in [2.05, 4.69) is 27.6 Å². The van der Waals surface area contributed by atoms with Gasteiger partial charge in [0.25, 0.3) is 5.52 Å². The number of aromatic nitrogens is 4. The van der Waals surface area contributed by atoms with Gasteiger partial charge in [0.2, 0.25) is 5.65 Å². The van der Waals surface area contributed by atoms with Gasteiger partial charge in [-0.2, -0.15) is 5.10 Å². The highest BCUT2D eigenvalue weighted by Gasteiger charge is 2.14. The van der Waals surface area contributed by atoms with E-state index in [1.165, 1.54) is 5.56 Å². The molecule has 0 amide bonds. The second-order valence-corrected chi connectivity index (χ2v) is 5.48. The fourth-order valence-electron chi connectivity index (χ4n) is 2.63. The maximum atomic E-state index is 12.1. The average molecular weight is 305 g/mol. The van der Waals surface area contributed by atoms with E-state index in [0.29, 0.717) is 16.0 Å². The molecule has 6 heteroatoms. The summed E-state index contributed by atoms with van der Waals surface area (Å²) in [7, 11) is 0. The number of nitrogens with zero attached hydrogens (tertiary/aromatic N) is 4. The number of aryl methyl sites for hydroxylation is 1. The summed E-state index contributed by atoms with van der Waals surface area (Å²) in [6.07, 6.45) is 1.71. The van der Waals surface area contributed by atoms with Gasteiger partial charge in [0, 0.05) is 29.0 Å². The molecule has 2 aromatic carbocycles.